The first kappa shape index (κ1) is 18.7. The first-order valence-electron chi connectivity index (χ1n) is 11.5. The molecule has 0 radical (unpaired) electrons. The van der Waals surface area contributed by atoms with E-state index in [1.165, 1.54) is 25.2 Å². The van der Waals surface area contributed by atoms with E-state index in [0.717, 1.165) is 48.0 Å². The summed E-state index contributed by atoms with van der Waals surface area (Å²) >= 11 is 0. The molecule has 5 rings (SSSR count). The molecule has 0 N–H and O–H groups in total. The van der Waals surface area contributed by atoms with Crippen LogP contribution in [0.15, 0.2) is 0 Å². The van der Waals surface area contributed by atoms with Gasteiger partial charge in [-0.25, -0.2) is 0 Å². The molecule has 4 bridgehead atoms. The maximum atomic E-state index is 6.30. The highest BCUT2D eigenvalue weighted by Crippen LogP contribution is 2.72. The molecule has 140 valence electrons. The topological polar surface area (TPSA) is 9.23 Å². The van der Waals surface area contributed by atoms with E-state index in [0.29, 0.717) is 6.10 Å². The summed E-state index contributed by atoms with van der Waals surface area (Å²) in [5, 5.41) is 0. The van der Waals surface area contributed by atoms with E-state index in [2.05, 4.69) is 6.92 Å². The summed E-state index contributed by atoms with van der Waals surface area (Å²) in [7, 11) is 0. The Hall–Kier alpha value is -0.0400. The molecule has 24 heavy (non-hydrogen) atoms. The van der Waals surface area contributed by atoms with Gasteiger partial charge in [0, 0.05) is 6.61 Å². The third-order valence-corrected chi connectivity index (χ3v) is 8.16. The molecule has 5 saturated carbocycles. The van der Waals surface area contributed by atoms with Crippen LogP contribution in [0.25, 0.3) is 0 Å². The summed E-state index contributed by atoms with van der Waals surface area (Å²) in [6.45, 7) is 11.3. The number of fused-ring (bicyclic) bond motifs is 12. The highest BCUT2D eigenvalue weighted by molar-refractivity contribution is 5.16. The van der Waals surface area contributed by atoms with Crippen molar-refractivity contribution in [3.63, 3.8) is 0 Å². The van der Waals surface area contributed by atoms with Crippen LogP contribution in [-0.2, 0) is 4.74 Å². The van der Waals surface area contributed by atoms with Crippen LogP contribution in [0.2, 0.25) is 0 Å². The molecule has 9 unspecified atom stereocenters. The molecule has 0 saturated heterocycles. The number of ether oxygens (including phenoxy) is 1. The average molecular weight is 335 g/mol. The summed E-state index contributed by atoms with van der Waals surface area (Å²) < 4.78 is 6.30. The molecule has 5 aliphatic rings. The lowest BCUT2D eigenvalue weighted by atomic mass is 9.64. The number of unbranched alkanes of at least 4 members (excludes halogenated alkanes) is 1. The molecule has 5 aliphatic carbocycles. The Labute approximate surface area is 151 Å². The Bertz CT molecular complexity index is 391. The average Bonchev–Trinajstić information content (AvgIpc) is 3.40. The van der Waals surface area contributed by atoms with Gasteiger partial charge in [-0.2, -0.15) is 0 Å². The molecular formula is C23H42O. The van der Waals surface area contributed by atoms with Crippen molar-refractivity contribution < 1.29 is 4.74 Å². The smallest absolute Gasteiger partial charge is 0.0609 e. The van der Waals surface area contributed by atoms with Crippen molar-refractivity contribution in [2.45, 2.75) is 92.1 Å². The van der Waals surface area contributed by atoms with Gasteiger partial charge in [-0.05, 0) is 85.9 Å². The zero-order chi connectivity index (χ0) is 17.3. The molecule has 5 fully saturated rings. The molecule has 0 aromatic heterocycles. The minimum atomic E-state index is 0.659. The Balaban J connectivity index is 0.000000396. The van der Waals surface area contributed by atoms with Crippen LogP contribution in [0.1, 0.15) is 86.0 Å². The monoisotopic (exact) mass is 334 g/mol. The van der Waals surface area contributed by atoms with Gasteiger partial charge >= 0.3 is 0 Å². The van der Waals surface area contributed by atoms with Gasteiger partial charge in [0.1, 0.15) is 0 Å². The lowest BCUT2D eigenvalue weighted by Crippen LogP contribution is -2.41. The summed E-state index contributed by atoms with van der Waals surface area (Å²) in [6.07, 6.45) is 12.5. The molecule has 1 nitrogen and oxygen atoms in total. The molecule has 0 aromatic rings. The van der Waals surface area contributed by atoms with Crippen molar-refractivity contribution in [3.8, 4) is 0 Å². The second-order valence-corrected chi connectivity index (χ2v) is 8.63. The Morgan fingerprint density at radius 2 is 1.42 bits per heavy atom. The zero-order valence-electron chi connectivity index (χ0n) is 17.0. The van der Waals surface area contributed by atoms with Crippen LogP contribution in [0.3, 0.4) is 0 Å². The lowest BCUT2D eigenvalue weighted by Gasteiger charge is -2.43. The predicted molar refractivity (Wildman–Crippen MR) is 103 cm³/mol. The maximum absolute atomic E-state index is 6.30. The van der Waals surface area contributed by atoms with Gasteiger partial charge in [-0.1, -0.05) is 47.5 Å². The van der Waals surface area contributed by atoms with Gasteiger partial charge in [-0.3, -0.25) is 0 Å². The third-order valence-electron chi connectivity index (χ3n) is 8.16. The van der Waals surface area contributed by atoms with Crippen molar-refractivity contribution in [2.75, 3.05) is 6.61 Å². The van der Waals surface area contributed by atoms with E-state index in [4.69, 9.17) is 4.74 Å². The van der Waals surface area contributed by atoms with E-state index >= 15 is 0 Å². The van der Waals surface area contributed by atoms with E-state index in [-0.39, 0.29) is 0 Å². The van der Waals surface area contributed by atoms with E-state index < -0.39 is 0 Å². The number of hydrogen-bond donors (Lipinski definition) is 0. The zero-order valence-corrected chi connectivity index (χ0v) is 17.0. The largest absolute Gasteiger partial charge is 0.378 e. The maximum Gasteiger partial charge on any atom is 0.0609 e. The van der Waals surface area contributed by atoms with E-state index in [9.17, 15) is 0 Å². The summed E-state index contributed by atoms with van der Waals surface area (Å²) in [5.41, 5.74) is 0. The Kier molecular flexibility index (Phi) is 6.33. The fourth-order valence-electron chi connectivity index (χ4n) is 7.83. The SMILES string of the molecule is CC.CC.CCCCOC1CC2CC1C1C3CC(C4CCCC43)C21. The van der Waals surface area contributed by atoms with Crippen LogP contribution in [-0.4, -0.2) is 12.7 Å². The molecule has 9 atom stereocenters. The normalized spacial score (nSPS) is 49.1. The van der Waals surface area contributed by atoms with Crippen molar-refractivity contribution in [3.05, 3.63) is 0 Å². The van der Waals surface area contributed by atoms with Gasteiger partial charge in [0.25, 0.3) is 0 Å². The Morgan fingerprint density at radius 3 is 2.08 bits per heavy atom. The highest BCUT2D eigenvalue weighted by Gasteiger charge is 2.67. The highest BCUT2D eigenvalue weighted by atomic mass is 16.5. The van der Waals surface area contributed by atoms with Crippen molar-refractivity contribution in [1.82, 2.24) is 0 Å². The molecule has 0 heterocycles. The first-order chi connectivity index (χ1) is 11.9. The summed E-state index contributed by atoms with van der Waals surface area (Å²) in [4.78, 5) is 0. The van der Waals surface area contributed by atoms with Gasteiger partial charge in [0.2, 0.25) is 0 Å². The molecule has 0 amide bonds. The van der Waals surface area contributed by atoms with Crippen LogP contribution in [0, 0.1) is 47.3 Å². The quantitative estimate of drug-likeness (QED) is 0.418. The second-order valence-electron chi connectivity index (χ2n) is 8.63. The van der Waals surface area contributed by atoms with Crippen LogP contribution in [0.5, 0.6) is 0 Å². The van der Waals surface area contributed by atoms with Gasteiger partial charge in [-0.15, -0.1) is 0 Å². The molecular weight excluding hydrogens is 292 g/mol. The number of rotatable bonds is 4. The lowest BCUT2D eigenvalue weighted by molar-refractivity contribution is -0.0436. The fourth-order valence-corrected chi connectivity index (χ4v) is 7.83. The van der Waals surface area contributed by atoms with Crippen LogP contribution < -0.4 is 0 Å². The first-order valence-corrected chi connectivity index (χ1v) is 11.5. The molecule has 0 spiro atoms. The minimum Gasteiger partial charge on any atom is -0.378 e. The van der Waals surface area contributed by atoms with Crippen LogP contribution in [0.4, 0.5) is 0 Å². The van der Waals surface area contributed by atoms with Crippen molar-refractivity contribution >= 4 is 0 Å². The van der Waals surface area contributed by atoms with E-state index in [1.54, 1.807) is 32.1 Å². The molecule has 1 heteroatoms. The van der Waals surface area contributed by atoms with Gasteiger partial charge in [0.15, 0.2) is 0 Å². The minimum absolute atomic E-state index is 0.659. The Morgan fingerprint density at radius 1 is 0.750 bits per heavy atom. The van der Waals surface area contributed by atoms with Crippen molar-refractivity contribution in [2.24, 2.45) is 47.3 Å². The third kappa shape index (κ3) is 2.78. The predicted octanol–water partition coefficient (Wildman–Crippen LogP) is 6.56. The summed E-state index contributed by atoms with van der Waals surface area (Å²) in [6, 6.07) is 0. The molecule has 0 aliphatic heterocycles. The summed E-state index contributed by atoms with van der Waals surface area (Å²) in [5.74, 6) is 8.89. The van der Waals surface area contributed by atoms with Gasteiger partial charge in [0.05, 0.1) is 6.10 Å². The van der Waals surface area contributed by atoms with Crippen LogP contribution >= 0.6 is 0 Å². The molecule has 0 aromatic carbocycles. The van der Waals surface area contributed by atoms with E-state index in [1.807, 2.05) is 27.7 Å². The second kappa shape index (κ2) is 8.11. The van der Waals surface area contributed by atoms with Gasteiger partial charge < -0.3 is 4.74 Å². The van der Waals surface area contributed by atoms with Crippen molar-refractivity contribution in [1.29, 1.82) is 0 Å². The fraction of sp³-hybridized carbons (Fsp3) is 1.00. The number of hydrogen-bond acceptors (Lipinski definition) is 1. The standard InChI is InChI=1S/C19H30O.2C2H6/c1-2-3-7-20-17-9-11-8-16(17)19-15-10-14(18(11)19)12-5-4-6-13(12)15;2*1-2/h11-19H,2-10H2,1H3;2*1-2H3.